The van der Waals surface area contributed by atoms with E-state index in [1.807, 2.05) is 0 Å². The number of carbonyl (C=O) groups excluding carboxylic acids is 1. The molecule has 0 bridgehead atoms. The molecule has 1 aromatic rings. The van der Waals surface area contributed by atoms with Crippen LogP contribution in [0.4, 0.5) is 11.4 Å². The Labute approximate surface area is 150 Å². The van der Waals surface area contributed by atoms with E-state index in [-0.39, 0.29) is 17.8 Å². The van der Waals surface area contributed by atoms with Crippen molar-refractivity contribution in [1.82, 2.24) is 15.5 Å². The molecule has 1 fully saturated rings. The summed E-state index contributed by atoms with van der Waals surface area (Å²) in [6.07, 6.45) is -0.264. The first-order valence-electron chi connectivity index (χ1n) is 8.39. The second-order valence-corrected chi connectivity index (χ2v) is 6.00. The normalized spacial score (nSPS) is 16.0. The largest absolute Gasteiger partial charge is 0.480 e. The summed E-state index contributed by atoms with van der Waals surface area (Å²) in [5.41, 5.74) is 0.112. The van der Waals surface area contributed by atoms with Gasteiger partial charge in [-0.2, -0.15) is 0 Å². The summed E-state index contributed by atoms with van der Waals surface area (Å²) in [6.45, 7) is 4.81. The fraction of sp³-hybridized carbons (Fsp3) is 0.500. The number of benzene rings is 1. The first kappa shape index (κ1) is 19.8. The van der Waals surface area contributed by atoms with Crippen molar-refractivity contribution in [3.8, 4) is 0 Å². The zero-order valence-electron chi connectivity index (χ0n) is 14.3. The quantitative estimate of drug-likeness (QED) is 0.351. The van der Waals surface area contributed by atoms with Crippen LogP contribution in [0.25, 0.3) is 0 Å². The number of anilines is 1. The van der Waals surface area contributed by atoms with E-state index in [9.17, 15) is 24.8 Å². The van der Waals surface area contributed by atoms with Gasteiger partial charge in [0.05, 0.1) is 11.3 Å². The van der Waals surface area contributed by atoms with Crippen LogP contribution in [0.2, 0.25) is 0 Å². The number of non-ortho nitro benzene ring substituents is 1. The number of carboxylic acid groups (broad SMARTS) is 1. The molecule has 1 amide bonds. The molecule has 1 unspecified atom stereocenters. The van der Waals surface area contributed by atoms with Crippen LogP contribution in [0.1, 0.15) is 6.42 Å². The topological polar surface area (TPSA) is 137 Å². The average Bonchev–Trinajstić information content (AvgIpc) is 2.61. The van der Waals surface area contributed by atoms with Gasteiger partial charge in [0.25, 0.3) is 5.69 Å². The summed E-state index contributed by atoms with van der Waals surface area (Å²) in [4.78, 5) is 35.8. The second kappa shape index (κ2) is 9.80. The standard InChI is InChI=1S/C16H23N5O5/c22-15(19-12-2-1-3-13(10-12)21(25)26)11-14(16(23)24)18-6-9-20-7-4-17-5-8-20/h1-3,10,14,17-18H,4-9,11H2,(H,19,22)(H,23,24). The van der Waals surface area contributed by atoms with Crippen LogP contribution < -0.4 is 16.0 Å². The van der Waals surface area contributed by atoms with Crippen LogP contribution in [0.5, 0.6) is 0 Å². The number of nitro benzene ring substituents is 1. The number of aliphatic carboxylic acids is 1. The Morgan fingerprint density at radius 2 is 2.08 bits per heavy atom. The third kappa shape index (κ3) is 6.39. The minimum Gasteiger partial charge on any atom is -0.480 e. The number of nitrogens with one attached hydrogen (secondary N) is 3. The van der Waals surface area contributed by atoms with Crippen molar-refractivity contribution in [3.05, 3.63) is 34.4 Å². The first-order valence-corrected chi connectivity index (χ1v) is 8.39. The van der Waals surface area contributed by atoms with Gasteiger partial charge in [0.2, 0.25) is 5.91 Å². The third-order valence-corrected chi connectivity index (χ3v) is 4.06. The molecule has 0 spiro atoms. The Hall–Kier alpha value is -2.56. The van der Waals surface area contributed by atoms with Gasteiger partial charge in [-0.15, -0.1) is 0 Å². The number of hydrogen-bond acceptors (Lipinski definition) is 7. The summed E-state index contributed by atoms with van der Waals surface area (Å²) < 4.78 is 0. The number of amides is 1. The van der Waals surface area contributed by atoms with Gasteiger partial charge in [-0.05, 0) is 6.07 Å². The van der Waals surface area contributed by atoms with E-state index in [2.05, 4.69) is 20.9 Å². The van der Waals surface area contributed by atoms with Crippen molar-refractivity contribution in [2.45, 2.75) is 12.5 Å². The van der Waals surface area contributed by atoms with Gasteiger partial charge in [-0.3, -0.25) is 24.6 Å². The zero-order chi connectivity index (χ0) is 18.9. The van der Waals surface area contributed by atoms with Crippen LogP contribution in [-0.2, 0) is 9.59 Å². The van der Waals surface area contributed by atoms with E-state index in [0.717, 1.165) is 26.2 Å². The smallest absolute Gasteiger partial charge is 0.321 e. The maximum atomic E-state index is 12.1. The number of carboxylic acids is 1. The van der Waals surface area contributed by atoms with Crippen LogP contribution in [0.3, 0.4) is 0 Å². The predicted molar refractivity (Wildman–Crippen MR) is 95.1 cm³/mol. The number of rotatable bonds is 9. The summed E-state index contributed by atoms with van der Waals surface area (Å²) in [5, 5.41) is 28.7. The highest BCUT2D eigenvalue weighted by molar-refractivity contribution is 5.94. The maximum Gasteiger partial charge on any atom is 0.321 e. The van der Waals surface area contributed by atoms with Gasteiger partial charge in [0.1, 0.15) is 6.04 Å². The first-order chi connectivity index (χ1) is 12.5. The summed E-state index contributed by atoms with van der Waals surface area (Å²) in [6, 6.07) is 4.49. The van der Waals surface area contributed by atoms with Crippen molar-refractivity contribution >= 4 is 23.3 Å². The van der Waals surface area contributed by atoms with Gasteiger partial charge in [0, 0.05) is 57.1 Å². The highest BCUT2D eigenvalue weighted by Gasteiger charge is 2.21. The van der Waals surface area contributed by atoms with Crippen molar-refractivity contribution in [1.29, 1.82) is 0 Å². The highest BCUT2D eigenvalue weighted by Crippen LogP contribution is 2.17. The molecule has 26 heavy (non-hydrogen) atoms. The van der Waals surface area contributed by atoms with Gasteiger partial charge in [0.15, 0.2) is 0 Å². The fourth-order valence-electron chi connectivity index (χ4n) is 2.67. The molecule has 0 radical (unpaired) electrons. The number of nitrogens with zero attached hydrogens (tertiary/aromatic N) is 2. The van der Waals surface area contributed by atoms with Gasteiger partial charge < -0.3 is 21.1 Å². The minimum absolute atomic E-state index is 0.147. The molecule has 1 heterocycles. The number of hydrogen-bond donors (Lipinski definition) is 4. The van der Waals surface area contributed by atoms with Gasteiger partial charge in [-0.25, -0.2) is 0 Å². The van der Waals surface area contributed by atoms with Crippen molar-refractivity contribution < 1.29 is 19.6 Å². The maximum absolute atomic E-state index is 12.1. The molecule has 1 aliphatic rings. The third-order valence-electron chi connectivity index (χ3n) is 4.06. The van der Waals surface area contributed by atoms with Crippen LogP contribution >= 0.6 is 0 Å². The number of nitro groups is 1. The van der Waals surface area contributed by atoms with Crippen molar-refractivity contribution in [3.63, 3.8) is 0 Å². The highest BCUT2D eigenvalue weighted by atomic mass is 16.6. The molecule has 10 heteroatoms. The van der Waals surface area contributed by atoms with E-state index < -0.39 is 22.8 Å². The molecule has 0 aromatic heterocycles. The van der Waals surface area contributed by atoms with Crippen molar-refractivity contribution in [2.75, 3.05) is 44.6 Å². The Morgan fingerprint density at radius 3 is 2.73 bits per heavy atom. The molecule has 1 aliphatic heterocycles. The minimum atomic E-state index is -1.11. The Bertz CT molecular complexity index is 648. The molecule has 0 aliphatic carbocycles. The van der Waals surface area contributed by atoms with Crippen LogP contribution in [-0.4, -0.2) is 72.1 Å². The molecule has 142 valence electrons. The molecule has 1 aromatic carbocycles. The zero-order valence-corrected chi connectivity index (χ0v) is 14.3. The van der Waals surface area contributed by atoms with E-state index in [0.29, 0.717) is 13.1 Å². The lowest BCUT2D eigenvalue weighted by molar-refractivity contribution is -0.384. The number of piperazine rings is 1. The van der Waals surface area contributed by atoms with E-state index in [1.54, 1.807) is 0 Å². The fourth-order valence-corrected chi connectivity index (χ4v) is 2.67. The lowest BCUT2D eigenvalue weighted by atomic mass is 10.2. The second-order valence-electron chi connectivity index (χ2n) is 6.00. The molecule has 1 saturated heterocycles. The molecule has 0 saturated carbocycles. The van der Waals surface area contributed by atoms with Crippen LogP contribution in [0, 0.1) is 10.1 Å². The lowest BCUT2D eigenvalue weighted by Crippen LogP contribution is -2.48. The molecule has 4 N–H and O–H groups in total. The molecular formula is C16H23N5O5. The SMILES string of the molecule is O=C(CC(NCCN1CCNCC1)C(=O)O)Nc1cccc([N+](=O)[O-])c1. The van der Waals surface area contributed by atoms with E-state index in [1.165, 1.54) is 24.3 Å². The summed E-state index contributed by atoms with van der Waals surface area (Å²) in [7, 11) is 0. The molecular weight excluding hydrogens is 342 g/mol. The predicted octanol–water partition coefficient (Wildman–Crippen LogP) is -0.129. The Balaban J connectivity index is 1.82. The van der Waals surface area contributed by atoms with E-state index >= 15 is 0 Å². The molecule has 1 atom stereocenters. The van der Waals surface area contributed by atoms with Gasteiger partial charge in [-0.1, -0.05) is 6.07 Å². The molecule has 10 nitrogen and oxygen atoms in total. The summed E-state index contributed by atoms with van der Waals surface area (Å²) in [5.74, 6) is -1.63. The average molecular weight is 365 g/mol. The lowest BCUT2D eigenvalue weighted by Gasteiger charge is -2.27. The Kier molecular flexibility index (Phi) is 7.45. The van der Waals surface area contributed by atoms with Crippen molar-refractivity contribution in [2.24, 2.45) is 0 Å². The summed E-state index contributed by atoms with van der Waals surface area (Å²) >= 11 is 0. The van der Waals surface area contributed by atoms with E-state index in [4.69, 9.17) is 0 Å². The number of carbonyl (C=O) groups is 2. The molecule has 2 rings (SSSR count). The van der Waals surface area contributed by atoms with Crippen LogP contribution in [0.15, 0.2) is 24.3 Å². The van der Waals surface area contributed by atoms with Gasteiger partial charge >= 0.3 is 5.97 Å². The monoisotopic (exact) mass is 365 g/mol. The Morgan fingerprint density at radius 1 is 1.35 bits per heavy atom.